The lowest BCUT2D eigenvalue weighted by Gasteiger charge is -2.25. The second-order valence-corrected chi connectivity index (χ2v) is 4.59. The van der Waals surface area contributed by atoms with Gasteiger partial charge in [0.1, 0.15) is 0 Å². The first-order chi connectivity index (χ1) is 8.13. The molecule has 17 heavy (non-hydrogen) atoms. The summed E-state index contributed by atoms with van der Waals surface area (Å²) in [5.74, 6) is -0.912. The first-order valence-corrected chi connectivity index (χ1v) is 6.39. The zero-order valence-corrected chi connectivity index (χ0v) is 10.4. The summed E-state index contributed by atoms with van der Waals surface area (Å²) in [6, 6.07) is -0.384. The molecule has 0 aliphatic carbocycles. The van der Waals surface area contributed by atoms with Crippen molar-refractivity contribution >= 4 is 11.9 Å². The molecule has 0 bridgehead atoms. The molecule has 3 N–H and O–H groups in total. The minimum atomic E-state index is -0.861. The molecule has 5 heteroatoms. The van der Waals surface area contributed by atoms with Crippen LogP contribution in [0.15, 0.2) is 0 Å². The van der Waals surface area contributed by atoms with Gasteiger partial charge in [0.2, 0.25) is 5.91 Å². The number of hydrogen-bond acceptors (Lipinski definition) is 3. The maximum absolute atomic E-state index is 11.9. The molecule has 0 aromatic carbocycles. The Morgan fingerprint density at radius 1 is 1.47 bits per heavy atom. The van der Waals surface area contributed by atoms with Crippen LogP contribution in [0.2, 0.25) is 0 Å². The average molecular weight is 242 g/mol. The van der Waals surface area contributed by atoms with Gasteiger partial charge in [-0.15, -0.1) is 0 Å². The standard InChI is InChI=1S/C12H22N2O3/c1-2-5-9(8-11(15)16)14-12(17)10-6-3-4-7-13-10/h9-10,13H,2-8H2,1H3,(H,14,17)(H,15,16)/t9?,10-/m0/s1. The van der Waals surface area contributed by atoms with Crippen molar-refractivity contribution < 1.29 is 14.7 Å². The van der Waals surface area contributed by atoms with Gasteiger partial charge in [0.05, 0.1) is 12.5 Å². The number of rotatable bonds is 6. The normalized spacial score (nSPS) is 21.8. The van der Waals surface area contributed by atoms with Gasteiger partial charge in [-0.3, -0.25) is 9.59 Å². The van der Waals surface area contributed by atoms with Crippen molar-refractivity contribution in [3.63, 3.8) is 0 Å². The summed E-state index contributed by atoms with van der Waals surface area (Å²) in [6.07, 6.45) is 4.60. The van der Waals surface area contributed by atoms with Crippen LogP contribution in [0.25, 0.3) is 0 Å². The number of hydrogen-bond donors (Lipinski definition) is 3. The Balaban J connectivity index is 2.41. The van der Waals surface area contributed by atoms with Gasteiger partial charge < -0.3 is 15.7 Å². The van der Waals surface area contributed by atoms with Crippen LogP contribution in [0.4, 0.5) is 0 Å². The zero-order chi connectivity index (χ0) is 12.7. The zero-order valence-electron chi connectivity index (χ0n) is 10.4. The summed E-state index contributed by atoms with van der Waals surface area (Å²) in [4.78, 5) is 22.6. The van der Waals surface area contributed by atoms with Crippen LogP contribution in [0, 0.1) is 0 Å². The van der Waals surface area contributed by atoms with E-state index in [0.717, 1.165) is 32.2 Å². The molecule has 0 aromatic rings. The topological polar surface area (TPSA) is 78.4 Å². The van der Waals surface area contributed by atoms with E-state index in [2.05, 4.69) is 10.6 Å². The first-order valence-electron chi connectivity index (χ1n) is 6.39. The second kappa shape index (κ2) is 7.27. The van der Waals surface area contributed by atoms with Crippen molar-refractivity contribution in [2.75, 3.05) is 6.54 Å². The summed E-state index contributed by atoms with van der Waals surface area (Å²) in [7, 11) is 0. The fourth-order valence-electron chi connectivity index (χ4n) is 2.16. The summed E-state index contributed by atoms with van der Waals surface area (Å²) in [6.45, 7) is 2.86. The van der Waals surface area contributed by atoms with E-state index < -0.39 is 5.97 Å². The van der Waals surface area contributed by atoms with E-state index >= 15 is 0 Å². The minimum Gasteiger partial charge on any atom is -0.481 e. The van der Waals surface area contributed by atoms with Crippen LogP contribution in [-0.2, 0) is 9.59 Å². The monoisotopic (exact) mass is 242 g/mol. The van der Waals surface area contributed by atoms with Gasteiger partial charge in [-0.25, -0.2) is 0 Å². The molecule has 5 nitrogen and oxygen atoms in total. The van der Waals surface area contributed by atoms with Gasteiger partial charge in [-0.05, 0) is 25.8 Å². The molecule has 1 fully saturated rings. The number of nitrogens with one attached hydrogen (secondary N) is 2. The van der Waals surface area contributed by atoms with Gasteiger partial charge in [-0.1, -0.05) is 19.8 Å². The molecule has 1 rings (SSSR count). The van der Waals surface area contributed by atoms with Gasteiger partial charge in [0.15, 0.2) is 0 Å². The van der Waals surface area contributed by atoms with Crippen molar-refractivity contribution in [1.29, 1.82) is 0 Å². The number of carboxylic acid groups (broad SMARTS) is 1. The van der Waals surface area contributed by atoms with E-state index in [4.69, 9.17) is 5.11 Å². The molecule has 1 aliphatic rings. The van der Waals surface area contributed by atoms with E-state index in [1.54, 1.807) is 0 Å². The van der Waals surface area contributed by atoms with E-state index in [-0.39, 0.29) is 24.4 Å². The van der Waals surface area contributed by atoms with Crippen molar-refractivity contribution in [2.45, 2.75) is 57.5 Å². The Bertz CT molecular complexity index is 262. The fourth-order valence-corrected chi connectivity index (χ4v) is 2.16. The molecule has 1 heterocycles. The molecule has 98 valence electrons. The molecular weight excluding hydrogens is 220 g/mol. The summed E-state index contributed by atoms with van der Waals surface area (Å²) in [5, 5.41) is 14.8. The number of piperidine rings is 1. The van der Waals surface area contributed by atoms with Crippen molar-refractivity contribution in [3.05, 3.63) is 0 Å². The molecule has 2 atom stereocenters. The predicted octanol–water partition coefficient (Wildman–Crippen LogP) is 0.888. The van der Waals surface area contributed by atoms with Crippen LogP contribution < -0.4 is 10.6 Å². The molecule has 0 saturated carbocycles. The summed E-state index contributed by atoms with van der Waals surface area (Å²) < 4.78 is 0. The minimum absolute atomic E-state index is 0.00625. The largest absolute Gasteiger partial charge is 0.481 e. The summed E-state index contributed by atoms with van der Waals surface area (Å²) >= 11 is 0. The van der Waals surface area contributed by atoms with Crippen LogP contribution in [-0.4, -0.2) is 35.6 Å². The second-order valence-electron chi connectivity index (χ2n) is 4.59. The van der Waals surface area contributed by atoms with Gasteiger partial charge in [0, 0.05) is 6.04 Å². The third-order valence-electron chi connectivity index (χ3n) is 3.03. The van der Waals surface area contributed by atoms with E-state index in [1.807, 2.05) is 6.92 Å². The molecule has 0 spiro atoms. The van der Waals surface area contributed by atoms with Crippen molar-refractivity contribution in [3.8, 4) is 0 Å². The van der Waals surface area contributed by atoms with E-state index in [0.29, 0.717) is 6.42 Å². The lowest BCUT2D eigenvalue weighted by molar-refractivity contribution is -0.137. The maximum Gasteiger partial charge on any atom is 0.305 e. The van der Waals surface area contributed by atoms with E-state index in [1.165, 1.54) is 0 Å². The Hall–Kier alpha value is -1.10. The fraction of sp³-hybridized carbons (Fsp3) is 0.833. The van der Waals surface area contributed by atoms with Crippen molar-refractivity contribution in [1.82, 2.24) is 10.6 Å². The Kier molecular flexibility index (Phi) is 5.97. The van der Waals surface area contributed by atoms with Crippen molar-refractivity contribution in [2.24, 2.45) is 0 Å². The van der Waals surface area contributed by atoms with Gasteiger partial charge in [0.25, 0.3) is 0 Å². The predicted molar refractivity (Wildman–Crippen MR) is 64.7 cm³/mol. The molecule has 1 aliphatic heterocycles. The number of aliphatic carboxylic acids is 1. The third kappa shape index (κ3) is 5.17. The molecule has 1 unspecified atom stereocenters. The smallest absolute Gasteiger partial charge is 0.305 e. The highest BCUT2D eigenvalue weighted by Crippen LogP contribution is 2.09. The molecular formula is C12H22N2O3. The molecule has 1 saturated heterocycles. The number of carbonyl (C=O) groups is 2. The number of amides is 1. The SMILES string of the molecule is CCCC(CC(=O)O)NC(=O)[C@@H]1CCCCN1. The molecule has 0 radical (unpaired) electrons. The first kappa shape index (κ1) is 14.0. The van der Waals surface area contributed by atoms with Crippen LogP contribution in [0.1, 0.15) is 45.4 Å². The van der Waals surface area contributed by atoms with E-state index in [9.17, 15) is 9.59 Å². The summed E-state index contributed by atoms with van der Waals surface area (Å²) in [5.41, 5.74) is 0. The highest BCUT2D eigenvalue weighted by Gasteiger charge is 2.23. The Labute approximate surface area is 102 Å². The Morgan fingerprint density at radius 2 is 2.24 bits per heavy atom. The number of carbonyl (C=O) groups excluding carboxylic acids is 1. The Morgan fingerprint density at radius 3 is 2.76 bits per heavy atom. The molecule has 1 amide bonds. The molecule has 0 aromatic heterocycles. The average Bonchev–Trinajstić information content (AvgIpc) is 2.29. The highest BCUT2D eigenvalue weighted by atomic mass is 16.4. The lowest BCUT2D eigenvalue weighted by atomic mass is 10.0. The maximum atomic E-state index is 11.9. The quantitative estimate of drug-likeness (QED) is 0.646. The van der Waals surface area contributed by atoms with Gasteiger partial charge >= 0.3 is 5.97 Å². The highest BCUT2D eigenvalue weighted by molar-refractivity contribution is 5.82. The number of carboxylic acids is 1. The van der Waals surface area contributed by atoms with Gasteiger partial charge in [-0.2, -0.15) is 0 Å². The van der Waals surface area contributed by atoms with Crippen LogP contribution >= 0.6 is 0 Å². The van der Waals surface area contributed by atoms with Crippen LogP contribution in [0.3, 0.4) is 0 Å². The van der Waals surface area contributed by atoms with Crippen LogP contribution in [0.5, 0.6) is 0 Å². The lowest BCUT2D eigenvalue weighted by Crippen LogP contribution is -2.50. The third-order valence-corrected chi connectivity index (χ3v) is 3.03.